The van der Waals surface area contributed by atoms with Gasteiger partial charge in [-0.15, -0.1) is 0 Å². The van der Waals surface area contributed by atoms with Crippen molar-refractivity contribution in [3.8, 4) is 0 Å². The molecule has 0 bridgehead atoms. The topological polar surface area (TPSA) is 34.9 Å². The van der Waals surface area contributed by atoms with Crippen LogP contribution < -0.4 is 5.56 Å². The Balaban J connectivity index is 2.55. The molecule has 76 valence electrons. The van der Waals surface area contributed by atoms with Crippen LogP contribution in [0.15, 0.2) is 4.79 Å². The summed E-state index contributed by atoms with van der Waals surface area (Å²) in [5.41, 5.74) is -0.356. The molecular formula is C8H7Cl3N2O. The van der Waals surface area contributed by atoms with Crippen molar-refractivity contribution in [2.75, 3.05) is 0 Å². The van der Waals surface area contributed by atoms with Gasteiger partial charge in [-0.05, 0) is 19.3 Å². The van der Waals surface area contributed by atoms with Crippen LogP contribution in [0, 0.1) is 0 Å². The van der Waals surface area contributed by atoms with E-state index in [1.165, 1.54) is 4.68 Å². The molecule has 0 aromatic carbocycles. The van der Waals surface area contributed by atoms with Gasteiger partial charge in [0.15, 0.2) is 5.15 Å². The van der Waals surface area contributed by atoms with Gasteiger partial charge in [-0.2, -0.15) is 5.10 Å². The van der Waals surface area contributed by atoms with E-state index in [4.69, 9.17) is 34.8 Å². The van der Waals surface area contributed by atoms with Crippen molar-refractivity contribution >= 4 is 34.8 Å². The first kappa shape index (κ1) is 10.3. The third-order valence-corrected chi connectivity index (χ3v) is 3.56. The van der Waals surface area contributed by atoms with Crippen LogP contribution in [0.5, 0.6) is 0 Å². The molecule has 1 aliphatic carbocycles. The summed E-state index contributed by atoms with van der Waals surface area (Å²) in [6, 6.07) is 0.134. The van der Waals surface area contributed by atoms with Crippen molar-refractivity contribution in [3.63, 3.8) is 0 Å². The fraction of sp³-hybridized carbons (Fsp3) is 0.500. The Kier molecular flexibility index (Phi) is 2.73. The minimum atomic E-state index is -0.356. The van der Waals surface area contributed by atoms with Crippen LogP contribution in [-0.2, 0) is 0 Å². The van der Waals surface area contributed by atoms with Crippen LogP contribution in [0.25, 0.3) is 0 Å². The summed E-state index contributed by atoms with van der Waals surface area (Å²) >= 11 is 17.1. The summed E-state index contributed by atoms with van der Waals surface area (Å²) in [4.78, 5) is 11.6. The van der Waals surface area contributed by atoms with Gasteiger partial charge < -0.3 is 0 Å². The van der Waals surface area contributed by atoms with Crippen molar-refractivity contribution in [2.45, 2.75) is 25.3 Å². The molecule has 6 heteroatoms. The second-order valence-corrected chi connectivity index (χ2v) is 4.37. The molecule has 0 saturated heterocycles. The van der Waals surface area contributed by atoms with E-state index in [-0.39, 0.29) is 26.8 Å². The van der Waals surface area contributed by atoms with Gasteiger partial charge in [0.1, 0.15) is 10.0 Å². The molecule has 0 radical (unpaired) electrons. The maximum atomic E-state index is 11.6. The molecule has 0 atom stereocenters. The highest BCUT2D eigenvalue weighted by Crippen LogP contribution is 2.32. The lowest BCUT2D eigenvalue weighted by Gasteiger charge is -2.26. The summed E-state index contributed by atoms with van der Waals surface area (Å²) in [6.45, 7) is 0. The van der Waals surface area contributed by atoms with E-state index in [1.807, 2.05) is 0 Å². The normalized spacial score (nSPS) is 16.8. The molecule has 1 aliphatic rings. The molecule has 1 heterocycles. The zero-order valence-electron chi connectivity index (χ0n) is 7.14. The van der Waals surface area contributed by atoms with Gasteiger partial charge >= 0.3 is 0 Å². The number of hydrogen-bond donors (Lipinski definition) is 0. The number of hydrogen-bond acceptors (Lipinski definition) is 2. The van der Waals surface area contributed by atoms with Crippen LogP contribution >= 0.6 is 34.8 Å². The molecule has 1 fully saturated rings. The summed E-state index contributed by atoms with van der Waals surface area (Å²) in [7, 11) is 0. The Morgan fingerprint density at radius 1 is 1.21 bits per heavy atom. The highest BCUT2D eigenvalue weighted by atomic mass is 35.5. The van der Waals surface area contributed by atoms with E-state index in [2.05, 4.69) is 5.10 Å². The Morgan fingerprint density at radius 2 is 1.86 bits per heavy atom. The highest BCUT2D eigenvalue weighted by Gasteiger charge is 2.24. The summed E-state index contributed by atoms with van der Waals surface area (Å²) < 4.78 is 1.33. The molecule has 0 unspecified atom stereocenters. The molecule has 14 heavy (non-hydrogen) atoms. The van der Waals surface area contributed by atoms with E-state index in [1.54, 1.807) is 0 Å². The Labute approximate surface area is 95.6 Å². The predicted octanol–water partition coefficient (Wildman–Crippen LogP) is 2.93. The quantitative estimate of drug-likeness (QED) is 0.771. The zero-order chi connectivity index (χ0) is 10.3. The number of rotatable bonds is 1. The second kappa shape index (κ2) is 3.72. The van der Waals surface area contributed by atoms with Crippen molar-refractivity contribution in [2.24, 2.45) is 0 Å². The smallest absolute Gasteiger partial charge is 0.266 e. The predicted molar refractivity (Wildman–Crippen MR) is 56.4 cm³/mol. The van der Waals surface area contributed by atoms with Crippen LogP contribution in [0.4, 0.5) is 0 Å². The first-order chi connectivity index (χ1) is 6.61. The van der Waals surface area contributed by atoms with Crippen LogP contribution in [-0.4, -0.2) is 9.78 Å². The molecule has 0 N–H and O–H groups in total. The third kappa shape index (κ3) is 1.53. The van der Waals surface area contributed by atoms with Crippen molar-refractivity contribution in [1.82, 2.24) is 9.78 Å². The minimum Gasteiger partial charge on any atom is -0.266 e. The molecule has 1 aromatic heterocycles. The molecule has 1 aromatic rings. The van der Waals surface area contributed by atoms with Gasteiger partial charge in [0.25, 0.3) is 5.56 Å². The lowest BCUT2D eigenvalue weighted by Crippen LogP contribution is -2.31. The second-order valence-electron chi connectivity index (χ2n) is 3.25. The van der Waals surface area contributed by atoms with Crippen molar-refractivity contribution in [3.05, 3.63) is 25.6 Å². The van der Waals surface area contributed by atoms with E-state index in [0.717, 1.165) is 19.3 Å². The number of aromatic nitrogens is 2. The van der Waals surface area contributed by atoms with Gasteiger partial charge in [-0.3, -0.25) is 4.79 Å². The largest absolute Gasteiger partial charge is 0.287 e. The summed E-state index contributed by atoms with van der Waals surface area (Å²) in [6.07, 6.45) is 3.00. The van der Waals surface area contributed by atoms with Crippen molar-refractivity contribution < 1.29 is 0 Å². The van der Waals surface area contributed by atoms with Gasteiger partial charge in [-0.25, -0.2) is 4.68 Å². The number of nitrogens with zero attached hydrogens (tertiary/aromatic N) is 2. The Hall–Kier alpha value is -0.250. The summed E-state index contributed by atoms with van der Waals surface area (Å²) in [5, 5.41) is 3.99. The van der Waals surface area contributed by atoms with E-state index in [9.17, 15) is 4.79 Å². The highest BCUT2D eigenvalue weighted by molar-refractivity contribution is 6.47. The molecule has 0 spiro atoms. The molecular weight excluding hydrogens is 246 g/mol. The fourth-order valence-electron chi connectivity index (χ4n) is 1.35. The van der Waals surface area contributed by atoms with Crippen LogP contribution in [0.2, 0.25) is 15.2 Å². The van der Waals surface area contributed by atoms with Gasteiger partial charge in [0.05, 0.1) is 6.04 Å². The monoisotopic (exact) mass is 252 g/mol. The Bertz CT molecular complexity index is 425. The average molecular weight is 254 g/mol. The first-order valence-corrected chi connectivity index (χ1v) is 5.38. The average Bonchev–Trinajstić information content (AvgIpc) is 2.08. The standard InChI is InChI=1S/C8H7Cl3N2O/c9-5-6(10)8(14)13(12-7(5)11)4-2-1-3-4/h4H,1-3H2. The number of halogens is 3. The first-order valence-electron chi connectivity index (χ1n) is 4.24. The third-order valence-electron chi connectivity index (χ3n) is 2.39. The van der Waals surface area contributed by atoms with Gasteiger partial charge in [-0.1, -0.05) is 34.8 Å². The molecule has 0 aliphatic heterocycles. The minimum absolute atomic E-state index is 0.0360. The SMILES string of the molecule is O=c1c(Cl)c(Cl)c(Cl)nn1C1CCC1. The maximum Gasteiger partial charge on any atom is 0.287 e. The van der Waals surface area contributed by atoms with Gasteiger partial charge in [0.2, 0.25) is 0 Å². The lowest BCUT2D eigenvalue weighted by molar-refractivity contribution is 0.279. The van der Waals surface area contributed by atoms with Crippen LogP contribution in [0.3, 0.4) is 0 Å². The van der Waals surface area contributed by atoms with E-state index >= 15 is 0 Å². The molecule has 2 rings (SSSR count). The zero-order valence-corrected chi connectivity index (χ0v) is 9.40. The molecule has 1 saturated carbocycles. The van der Waals surface area contributed by atoms with Crippen molar-refractivity contribution in [1.29, 1.82) is 0 Å². The lowest BCUT2D eigenvalue weighted by atomic mass is 9.93. The Morgan fingerprint density at radius 3 is 2.36 bits per heavy atom. The maximum absolute atomic E-state index is 11.6. The fourth-order valence-corrected chi connectivity index (χ4v) is 1.87. The molecule has 0 amide bonds. The van der Waals surface area contributed by atoms with E-state index in [0.29, 0.717) is 0 Å². The van der Waals surface area contributed by atoms with Crippen LogP contribution in [0.1, 0.15) is 25.3 Å². The van der Waals surface area contributed by atoms with E-state index < -0.39 is 0 Å². The van der Waals surface area contributed by atoms with Gasteiger partial charge in [0, 0.05) is 0 Å². The summed E-state index contributed by atoms with van der Waals surface area (Å²) in [5.74, 6) is 0. The molecule has 3 nitrogen and oxygen atoms in total.